The Hall–Kier alpha value is -0.570. The Kier molecular flexibility index (Phi) is 4.11. The molecule has 3 nitrogen and oxygen atoms in total. The zero-order chi connectivity index (χ0) is 8.91. The Bertz CT molecular complexity index is 127. The molecule has 0 aromatic carbocycles. The summed E-state index contributed by atoms with van der Waals surface area (Å²) in [5, 5.41) is 2.65. The number of likely N-dealkylation sites (N-methyl/N-ethyl adjacent to an activating group) is 1. The van der Waals surface area contributed by atoms with Crippen molar-refractivity contribution >= 4 is 5.91 Å². The van der Waals surface area contributed by atoms with E-state index < -0.39 is 0 Å². The van der Waals surface area contributed by atoms with Gasteiger partial charge in [0.1, 0.15) is 6.61 Å². The Labute approximate surface area is 68.1 Å². The highest BCUT2D eigenvalue weighted by Crippen LogP contribution is 2.05. The summed E-state index contributed by atoms with van der Waals surface area (Å²) < 4.78 is 5.23. The van der Waals surface area contributed by atoms with Crippen molar-refractivity contribution < 1.29 is 9.53 Å². The van der Waals surface area contributed by atoms with Crippen LogP contribution in [0.2, 0.25) is 0 Å². The highest BCUT2D eigenvalue weighted by Gasteiger charge is 2.11. The summed E-state index contributed by atoms with van der Waals surface area (Å²) in [7, 11) is 0. The summed E-state index contributed by atoms with van der Waals surface area (Å²) in [6, 6.07) is 0. The lowest BCUT2D eigenvalue weighted by Crippen LogP contribution is -2.31. The predicted octanol–water partition coefficient (Wildman–Crippen LogP) is 0.938. The van der Waals surface area contributed by atoms with Gasteiger partial charge in [0.2, 0.25) is 5.91 Å². The monoisotopic (exact) mass is 159 g/mol. The molecule has 0 saturated carbocycles. The molecule has 0 saturated heterocycles. The van der Waals surface area contributed by atoms with Crippen molar-refractivity contribution in [3.05, 3.63) is 0 Å². The Morgan fingerprint density at radius 1 is 1.45 bits per heavy atom. The minimum atomic E-state index is -0.231. The summed E-state index contributed by atoms with van der Waals surface area (Å²) in [6.45, 7) is 8.46. The van der Waals surface area contributed by atoms with Gasteiger partial charge in [0.25, 0.3) is 0 Å². The van der Waals surface area contributed by atoms with Gasteiger partial charge in [-0.3, -0.25) is 4.79 Å². The van der Waals surface area contributed by atoms with Gasteiger partial charge in [0.15, 0.2) is 0 Å². The quantitative estimate of drug-likeness (QED) is 0.665. The number of rotatable bonds is 3. The van der Waals surface area contributed by atoms with Crippen LogP contribution in [0.3, 0.4) is 0 Å². The fraction of sp³-hybridized carbons (Fsp3) is 0.875. The van der Waals surface area contributed by atoms with Gasteiger partial charge in [-0.05, 0) is 27.7 Å². The van der Waals surface area contributed by atoms with Crippen LogP contribution in [0, 0.1) is 0 Å². The molecule has 0 bridgehead atoms. The number of carbonyl (C=O) groups excluding carboxylic acids is 1. The molecule has 0 aliphatic rings. The van der Waals surface area contributed by atoms with E-state index in [1.807, 2.05) is 27.7 Å². The van der Waals surface area contributed by atoms with Crippen molar-refractivity contribution in [3.8, 4) is 0 Å². The molecule has 0 radical (unpaired) electrons. The highest BCUT2D eigenvalue weighted by atomic mass is 16.5. The zero-order valence-corrected chi connectivity index (χ0v) is 7.73. The van der Waals surface area contributed by atoms with Crippen molar-refractivity contribution in [2.45, 2.75) is 33.3 Å². The average molecular weight is 159 g/mol. The minimum absolute atomic E-state index is 0.0533. The first kappa shape index (κ1) is 10.4. The molecule has 0 aliphatic heterocycles. The summed E-state index contributed by atoms with van der Waals surface area (Å²) in [5.74, 6) is -0.0533. The lowest BCUT2D eigenvalue weighted by atomic mass is 10.2. The molecular weight excluding hydrogens is 142 g/mol. The second-order valence-electron chi connectivity index (χ2n) is 3.35. The summed E-state index contributed by atoms with van der Waals surface area (Å²) in [4.78, 5) is 10.9. The smallest absolute Gasteiger partial charge is 0.246 e. The summed E-state index contributed by atoms with van der Waals surface area (Å²) in [5.41, 5.74) is -0.231. The largest absolute Gasteiger partial charge is 0.366 e. The molecule has 0 heterocycles. The van der Waals surface area contributed by atoms with E-state index in [-0.39, 0.29) is 18.1 Å². The van der Waals surface area contributed by atoms with Gasteiger partial charge in [-0.15, -0.1) is 0 Å². The molecule has 0 spiro atoms. The lowest BCUT2D eigenvalue weighted by molar-refractivity contribution is -0.130. The molecule has 0 atom stereocenters. The number of nitrogens with one attached hydrogen (secondary N) is 1. The maximum Gasteiger partial charge on any atom is 0.246 e. The van der Waals surface area contributed by atoms with Crippen LogP contribution in [0.4, 0.5) is 0 Å². The van der Waals surface area contributed by atoms with E-state index in [1.54, 1.807) is 0 Å². The molecule has 0 aromatic rings. The molecule has 0 aliphatic carbocycles. The van der Waals surface area contributed by atoms with Gasteiger partial charge in [-0.2, -0.15) is 0 Å². The molecule has 66 valence electrons. The van der Waals surface area contributed by atoms with Crippen LogP contribution in [-0.2, 0) is 9.53 Å². The fourth-order valence-electron chi connectivity index (χ4n) is 0.530. The second kappa shape index (κ2) is 4.34. The number of hydrogen-bond donors (Lipinski definition) is 1. The van der Waals surface area contributed by atoms with Crippen LogP contribution < -0.4 is 5.32 Å². The predicted molar refractivity (Wildman–Crippen MR) is 44.4 cm³/mol. The number of ether oxygens (including phenoxy) is 1. The van der Waals surface area contributed by atoms with Gasteiger partial charge in [-0.1, -0.05) is 0 Å². The third-order valence-corrected chi connectivity index (χ3v) is 1.01. The standard InChI is InChI=1S/C8H17NO2/c1-5-9-7(10)6-11-8(2,3)4/h5-6H2,1-4H3,(H,9,10). The van der Waals surface area contributed by atoms with Crippen LogP contribution in [0.5, 0.6) is 0 Å². The minimum Gasteiger partial charge on any atom is -0.366 e. The highest BCUT2D eigenvalue weighted by molar-refractivity contribution is 5.77. The normalized spacial score (nSPS) is 11.3. The van der Waals surface area contributed by atoms with E-state index >= 15 is 0 Å². The molecular formula is C8H17NO2. The third kappa shape index (κ3) is 7.33. The van der Waals surface area contributed by atoms with Crippen LogP contribution in [0.15, 0.2) is 0 Å². The Morgan fingerprint density at radius 2 is 2.00 bits per heavy atom. The van der Waals surface area contributed by atoms with Crippen LogP contribution in [-0.4, -0.2) is 24.7 Å². The summed E-state index contributed by atoms with van der Waals surface area (Å²) >= 11 is 0. The van der Waals surface area contributed by atoms with Crippen molar-refractivity contribution in [2.75, 3.05) is 13.2 Å². The number of hydrogen-bond acceptors (Lipinski definition) is 2. The van der Waals surface area contributed by atoms with Crippen molar-refractivity contribution in [2.24, 2.45) is 0 Å². The molecule has 0 unspecified atom stereocenters. The first-order valence-corrected chi connectivity index (χ1v) is 3.86. The van der Waals surface area contributed by atoms with Crippen LogP contribution >= 0.6 is 0 Å². The van der Waals surface area contributed by atoms with Crippen molar-refractivity contribution in [1.82, 2.24) is 5.32 Å². The van der Waals surface area contributed by atoms with E-state index in [0.29, 0.717) is 6.54 Å². The first-order valence-electron chi connectivity index (χ1n) is 3.86. The van der Waals surface area contributed by atoms with Gasteiger partial charge < -0.3 is 10.1 Å². The van der Waals surface area contributed by atoms with Crippen molar-refractivity contribution in [3.63, 3.8) is 0 Å². The lowest BCUT2D eigenvalue weighted by Gasteiger charge is -2.18. The molecule has 0 aromatic heterocycles. The number of amides is 1. The Balaban J connectivity index is 3.46. The van der Waals surface area contributed by atoms with Gasteiger partial charge in [-0.25, -0.2) is 0 Å². The first-order chi connectivity index (χ1) is 4.95. The maximum atomic E-state index is 10.9. The molecule has 1 N–H and O–H groups in total. The third-order valence-electron chi connectivity index (χ3n) is 1.01. The fourth-order valence-corrected chi connectivity index (χ4v) is 0.530. The van der Waals surface area contributed by atoms with Crippen molar-refractivity contribution in [1.29, 1.82) is 0 Å². The summed E-state index contributed by atoms with van der Waals surface area (Å²) in [6.07, 6.45) is 0. The maximum absolute atomic E-state index is 10.9. The number of carbonyl (C=O) groups is 1. The van der Waals surface area contributed by atoms with E-state index in [0.717, 1.165) is 0 Å². The van der Waals surface area contributed by atoms with Gasteiger partial charge in [0, 0.05) is 6.54 Å². The SMILES string of the molecule is CCNC(=O)COC(C)(C)C. The van der Waals surface area contributed by atoms with E-state index in [1.165, 1.54) is 0 Å². The molecule has 0 rings (SSSR count). The van der Waals surface area contributed by atoms with E-state index in [9.17, 15) is 4.79 Å². The van der Waals surface area contributed by atoms with E-state index in [4.69, 9.17) is 4.74 Å². The Morgan fingerprint density at radius 3 is 2.36 bits per heavy atom. The molecule has 11 heavy (non-hydrogen) atoms. The molecule has 1 amide bonds. The average Bonchev–Trinajstić information content (AvgIpc) is 1.83. The second-order valence-corrected chi connectivity index (χ2v) is 3.35. The van der Waals surface area contributed by atoms with Gasteiger partial charge in [0.05, 0.1) is 5.60 Å². The topological polar surface area (TPSA) is 38.3 Å². The van der Waals surface area contributed by atoms with Gasteiger partial charge >= 0.3 is 0 Å². The molecule has 0 fully saturated rings. The van der Waals surface area contributed by atoms with E-state index in [2.05, 4.69) is 5.32 Å². The van der Waals surface area contributed by atoms with Crippen LogP contribution in [0.1, 0.15) is 27.7 Å². The van der Waals surface area contributed by atoms with Crippen LogP contribution in [0.25, 0.3) is 0 Å². The zero-order valence-electron chi connectivity index (χ0n) is 7.73. The molecule has 3 heteroatoms.